The van der Waals surface area contributed by atoms with Gasteiger partial charge in [-0.05, 0) is 61.8 Å². The molecular formula is C15H22FNS. The molecule has 1 fully saturated rings. The minimum absolute atomic E-state index is 0.149. The van der Waals surface area contributed by atoms with Crippen LogP contribution >= 0.6 is 11.8 Å². The van der Waals surface area contributed by atoms with Gasteiger partial charge in [0.25, 0.3) is 0 Å². The first-order valence-electron chi connectivity index (χ1n) is 6.71. The van der Waals surface area contributed by atoms with Crippen LogP contribution in [0.3, 0.4) is 0 Å². The van der Waals surface area contributed by atoms with Crippen LogP contribution in [0, 0.1) is 11.7 Å². The van der Waals surface area contributed by atoms with Crippen LogP contribution in [0.2, 0.25) is 0 Å². The first-order chi connectivity index (χ1) is 8.70. The average Bonchev–Trinajstić information content (AvgIpc) is 3.19. The maximum atomic E-state index is 13.0. The Bertz CT molecular complexity index is 361. The second-order valence-corrected chi connectivity index (χ2v) is 6.20. The van der Waals surface area contributed by atoms with Crippen molar-refractivity contribution in [2.75, 3.05) is 12.0 Å². The van der Waals surface area contributed by atoms with Gasteiger partial charge in [-0.2, -0.15) is 11.8 Å². The summed E-state index contributed by atoms with van der Waals surface area (Å²) in [7, 11) is 0. The van der Waals surface area contributed by atoms with Crippen LogP contribution in [0.15, 0.2) is 24.3 Å². The highest BCUT2D eigenvalue weighted by Crippen LogP contribution is 2.41. The van der Waals surface area contributed by atoms with E-state index in [0.29, 0.717) is 12.1 Å². The molecule has 2 unspecified atom stereocenters. The molecule has 0 aromatic heterocycles. The Morgan fingerprint density at radius 1 is 1.33 bits per heavy atom. The highest BCUT2D eigenvalue weighted by atomic mass is 32.2. The number of rotatable bonds is 7. The van der Waals surface area contributed by atoms with Gasteiger partial charge in [0, 0.05) is 12.1 Å². The van der Waals surface area contributed by atoms with Gasteiger partial charge in [0.05, 0.1) is 0 Å². The summed E-state index contributed by atoms with van der Waals surface area (Å²) in [6.07, 6.45) is 5.92. The monoisotopic (exact) mass is 267 g/mol. The number of thioether (sulfide) groups is 1. The van der Waals surface area contributed by atoms with Crippen molar-refractivity contribution in [2.24, 2.45) is 5.92 Å². The van der Waals surface area contributed by atoms with E-state index in [4.69, 9.17) is 0 Å². The molecule has 0 aliphatic heterocycles. The highest BCUT2D eigenvalue weighted by Gasteiger charge is 2.32. The standard InChI is InChI=1S/C15H22FNS/c1-11(9-10-18-2)17-15(12-3-4-12)13-5-7-14(16)8-6-13/h5-8,11-12,15,17H,3-4,9-10H2,1-2H3. The number of halogens is 1. The molecule has 0 bridgehead atoms. The maximum Gasteiger partial charge on any atom is 0.123 e. The fraction of sp³-hybridized carbons (Fsp3) is 0.600. The van der Waals surface area contributed by atoms with Crippen molar-refractivity contribution in [3.05, 3.63) is 35.6 Å². The van der Waals surface area contributed by atoms with Gasteiger partial charge in [0.15, 0.2) is 0 Å². The molecule has 0 spiro atoms. The summed E-state index contributed by atoms with van der Waals surface area (Å²) in [6.45, 7) is 2.25. The lowest BCUT2D eigenvalue weighted by molar-refractivity contribution is 0.413. The second kappa shape index (κ2) is 6.58. The zero-order chi connectivity index (χ0) is 13.0. The first kappa shape index (κ1) is 13.9. The van der Waals surface area contributed by atoms with Crippen molar-refractivity contribution in [2.45, 2.75) is 38.3 Å². The molecule has 0 heterocycles. The molecule has 3 heteroatoms. The molecule has 1 aliphatic rings. The van der Waals surface area contributed by atoms with Crippen molar-refractivity contribution in [1.29, 1.82) is 0 Å². The van der Waals surface area contributed by atoms with Gasteiger partial charge in [0.1, 0.15) is 5.82 Å². The molecule has 18 heavy (non-hydrogen) atoms. The van der Waals surface area contributed by atoms with E-state index in [0.717, 1.165) is 5.92 Å². The predicted octanol–water partition coefficient (Wildman–Crippen LogP) is 4.01. The molecule has 2 atom stereocenters. The van der Waals surface area contributed by atoms with Gasteiger partial charge < -0.3 is 5.32 Å². The van der Waals surface area contributed by atoms with Crippen molar-refractivity contribution in [1.82, 2.24) is 5.32 Å². The number of benzene rings is 1. The summed E-state index contributed by atoms with van der Waals surface area (Å²) in [4.78, 5) is 0. The molecule has 1 saturated carbocycles. The van der Waals surface area contributed by atoms with Crippen molar-refractivity contribution in [3.63, 3.8) is 0 Å². The third kappa shape index (κ3) is 3.99. The molecule has 1 aromatic rings. The lowest BCUT2D eigenvalue weighted by Crippen LogP contribution is -2.32. The van der Waals surface area contributed by atoms with E-state index in [2.05, 4.69) is 18.5 Å². The van der Waals surface area contributed by atoms with E-state index >= 15 is 0 Å². The van der Waals surface area contributed by atoms with Crippen LogP contribution < -0.4 is 5.32 Å². The average molecular weight is 267 g/mol. The first-order valence-corrected chi connectivity index (χ1v) is 8.10. The summed E-state index contributed by atoms with van der Waals surface area (Å²) >= 11 is 1.89. The Morgan fingerprint density at radius 3 is 2.56 bits per heavy atom. The Hall–Kier alpha value is -0.540. The third-order valence-corrected chi connectivity index (χ3v) is 4.19. The lowest BCUT2D eigenvalue weighted by atomic mass is 10.0. The summed E-state index contributed by atoms with van der Waals surface area (Å²) < 4.78 is 13.0. The van der Waals surface area contributed by atoms with Gasteiger partial charge in [0.2, 0.25) is 0 Å². The quantitative estimate of drug-likeness (QED) is 0.801. The Morgan fingerprint density at radius 2 is 2.00 bits per heavy atom. The lowest BCUT2D eigenvalue weighted by Gasteiger charge is -2.23. The van der Waals surface area contributed by atoms with Gasteiger partial charge in [-0.3, -0.25) is 0 Å². The Labute approximate surface area is 114 Å². The predicted molar refractivity (Wildman–Crippen MR) is 77.5 cm³/mol. The zero-order valence-corrected chi connectivity index (χ0v) is 12.0. The summed E-state index contributed by atoms with van der Waals surface area (Å²) in [6, 6.07) is 7.91. The third-order valence-electron chi connectivity index (χ3n) is 3.54. The maximum absolute atomic E-state index is 13.0. The van der Waals surface area contributed by atoms with E-state index in [1.165, 1.54) is 30.6 Å². The van der Waals surface area contributed by atoms with Crippen molar-refractivity contribution >= 4 is 11.8 Å². The van der Waals surface area contributed by atoms with Gasteiger partial charge in [-0.1, -0.05) is 12.1 Å². The fourth-order valence-electron chi connectivity index (χ4n) is 2.29. The van der Waals surface area contributed by atoms with E-state index in [1.807, 2.05) is 23.9 Å². The van der Waals surface area contributed by atoms with Gasteiger partial charge >= 0.3 is 0 Å². The van der Waals surface area contributed by atoms with Crippen LogP contribution in [0.25, 0.3) is 0 Å². The summed E-state index contributed by atoms with van der Waals surface area (Å²) in [5.41, 5.74) is 1.23. The van der Waals surface area contributed by atoms with Crippen molar-refractivity contribution in [3.8, 4) is 0 Å². The second-order valence-electron chi connectivity index (χ2n) is 5.22. The normalized spacial score (nSPS) is 18.6. The zero-order valence-electron chi connectivity index (χ0n) is 11.2. The van der Waals surface area contributed by atoms with Crippen molar-refractivity contribution < 1.29 is 4.39 Å². The number of hydrogen-bond donors (Lipinski definition) is 1. The van der Waals surface area contributed by atoms with E-state index in [1.54, 1.807) is 12.1 Å². The van der Waals surface area contributed by atoms with Crippen LogP contribution in [0.5, 0.6) is 0 Å². The minimum atomic E-state index is -0.149. The molecule has 2 rings (SSSR count). The number of hydrogen-bond acceptors (Lipinski definition) is 2. The Balaban J connectivity index is 1.97. The molecule has 1 aromatic carbocycles. The molecule has 1 aliphatic carbocycles. The van der Waals surface area contributed by atoms with E-state index in [-0.39, 0.29) is 5.82 Å². The Kier molecular flexibility index (Phi) is 5.07. The van der Waals surface area contributed by atoms with Crippen LogP contribution in [0.4, 0.5) is 4.39 Å². The molecular weight excluding hydrogens is 245 g/mol. The molecule has 0 saturated heterocycles. The summed E-state index contributed by atoms with van der Waals surface area (Å²) in [5, 5.41) is 3.71. The van der Waals surface area contributed by atoms with Crippen LogP contribution in [-0.4, -0.2) is 18.1 Å². The fourth-order valence-corrected chi connectivity index (χ4v) is 2.88. The van der Waals surface area contributed by atoms with Gasteiger partial charge in [-0.25, -0.2) is 4.39 Å². The molecule has 1 nitrogen and oxygen atoms in total. The highest BCUT2D eigenvalue weighted by molar-refractivity contribution is 7.98. The largest absolute Gasteiger partial charge is 0.307 e. The minimum Gasteiger partial charge on any atom is -0.307 e. The van der Waals surface area contributed by atoms with E-state index < -0.39 is 0 Å². The topological polar surface area (TPSA) is 12.0 Å². The smallest absolute Gasteiger partial charge is 0.123 e. The molecule has 0 amide bonds. The number of nitrogens with one attached hydrogen (secondary N) is 1. The van der Waals surface area contributed by atoms with E-state index in [9.17, 15) is 4.39 Å². The SMILES string of the molecule is CSCCC(C)NC(c1ccc(F)cc1)C1CC1. The molecule has 1 N–H and O–H groups in total. The van der Waals surface area contributed by atoms with Gasteiger partial charge in [-0.15, -0.1) is 0 Å². The molecule has 100 valence electrons. The summed E-state index contributed by atoms with van der Waals surface area (Å²) in [5.74, 6) is 1.78. The van der Waals surface area contributed by atoms with Crippen LogP contribution in [-0.2, 0) is 0 Å². The molecule has 0 radical (unpaired) electrons. The van der Waals surface area contributed by atoms with Crippen LogP contribution in [0.1, 0.15) is 37.8 Å².